The first-order valence-electron chi connectivity index (χ1n) is 7.41. The van der Waals surface area contributed by atoms with Gasteiger partial charge in [-0.1, -0.05) is 40.0 Å². The van der Waals surface area contributed by atoms with Crippen molar-refractivity contribution in [3.8, 4) is 0 Å². The fourth-order valence-electron chi connectivity index (χ4n) is 2.18. The molecule has 1 aromatic heterocycles. The van der Waals surface area contributed by atoms with E-state index >= 15 is 0 Å². The molecular formula is C15H27NO3S2. The molecule has 0 radical (unpaired) electrons. The topological polar surface area (TPSA) is 66.4 Å². The predicted octanol–water partition coefficient (Wildman–Crippen LogP) is 3.43. The maximum atomic E-state index is 12.4. The molecule has 0 saturated heterocycles. The number of aryl methyl sites for hydroxylation is 1. The van der Waals surface area contributed by atoms with Crippen LogP contribution in [0.1, 0.15) is 56.2 Å². The van der Waals surface area contributed by atoms with Crippen molar-refractivity contribution >= 4 is 21.4 Å². The van der Waals surface area contributed by atoms with E-state index in [0.717, 1.165) is 17.7 Å². The van der Waals surface area contributed by atoms with Crippen molar-refractivity contribution in [2.24, 2.45) is 5.41 Å². The Morgan fingerprint density at radius 1 is 1.33 bits per heavy atom. The zero-order valence-corrected chi connectivity index (χ0v) is 15.0. The van der Waals surface area contributed by atoms with Gasteiger partial charge in [-0.3, -0.25) is 0 Å². The molecule has 0 atom stereocenters. The Morgan fingerprint density at radius 3 is 2.52 bits per heavy atom. The van der Waals surface area contributed by atoms with Gasteiger partial charge < -0.3 is 5.11 Å². The number of thiophene rings is 1. The number of nitrogens with one attached hydrogen (secondary N) is 1. The first-order chi connectivity index (χ1) is 9.72. The van der Waals surface area contributed by atoms with Crippen LogP contribution in [-0.2, 0) is 16.6 Å². The highest BCUT2D eigenvalue weighted by molar-refractivity contribution is 7.89. The lowest BCUT2D eigenvalue weighted by molar-refractivity contribution is 0.285. The maximum absolute atomic E-state index is 12.4. The van der Waals surface area contributed by atoms with Gasteiger partial charge >= 0.3 is 0 Å². The van der Waals surface area contributed by atoms with Gasteiger partial charge in [0.1, 0.15) is 0 Å². The summed E-state index contributed by atoms with van der Waals surface area (Å²) in [6, 6.07) is 1.56. The van der Waals surface area contributed by atoms with Gasteiger partial charge in [0, 0.05) is 16.3 Å². The van der Waals surface area contributed by atoms with E-state index < -0.39 is 10.0 Å². The maximum Gasteiger partial charge on any atom is 0.241 e. The second-order valence-corrected chi connectivity index (χ2v) is 9.31. The Hall–Kier alpha value is -0.430. The average Bonchev–Trinajstić information content (AvgIpc) is 2.79. The SMILES string of the molecule is CCCCCC(C)(C)CNS(=O)(=O)c1cc(CO)sc1C. The van der Waals surface area contributed by atoms with Gasteiger partial charge in [0.15, 0.2) is 0 Å². The van der Waals surface area contributed by atoms with E-state index in [4.69, 9.17) is 5.11 Å². The van der Waals surface area contributed by atoms with Crippen molar-refractivity contribution in [1.29, 1.82) is 0 Å². The van der Waals surface area contributed by atoms with Gasteiger partial charge in [0.25, 0.3) is 0 Å². The molecule has 1 rings (SSSR count). The van der Waals surface area contributed by atoms with Crippen LogP contribution in [0.15, 0.2) is 11.0 Å². The molecule has 0 aliphatic rings. The second-order valence-electron chi connectivity index (χ2n) is 6.24. The van der Waals surface area contributed by atoms with Gasteiger partial charge in [0.05, 0.1) is 11.5 Å². The molecule has 0 saturated carbocycles. The molecule has 0 spiro atoms. The number of hydrogen-bond donors (Lipinski definition) is 2. The summed E-state index contributed by atoms with van der Waals surface area (Å²) in [5, 5.41) is 9.12. The van der Waals surface area contributed by atoms with Crippen molar-refractivity contribution in [2.75, 3.05) is 6.54 Å². The lowest BCUT2D eigenvalue weighted by Gasteiger charge is -2.24. The van der Waals surface area contributed by atoms with Crippen LogP contribution in [0.2, 0.25) is 0 Å². The smallest absolute Gasteiger partial charge is 0.241 e. The Balaban J connectivity index is 2.70. The highest BCUT2D eigenvalue weighted by atomic mass is 32.2. The molecule has 0 aromatic carbocycles. The monoisotopic (exact) mass is 333 g/mol. The predicted molar refractivity (Wildman–Crippen MR) is 88.1 cm³/mol. The molecule has 2 N–H and O–H groups in total. The first-order valence-corrected chi connectivity index (χ1v) is 9.71. The third-order valence-corrected chi connectivity index (χ3v) is 6.26. The summed E-state index contributed by atoms with van der Waals surface area (Å²) in [6.07, 6.45) is 4.48. The molecular weight excluding hydrogens is 306 g/mol. The zero-order valence-electron chi connectivity index (χ0n) is 13.4. The number of aliphatic hydroxyl groups excluding tert-OH is 1. The number of unbranched alkanes of at least 4 members (excludes halogenated alkanes) is 2. The van der Waals surface area contributed by atoms with Crippen LogP contribution in [0.3, 0.4) is 0 Å². The van der Waals surface area contributed by atoms with Crippen LogP contribution in [-0.4, -0.2) is 20.1 Å². The van der Waals surface area contributed by atoms with Crippen LogP contribution in [0.4, 0.5) is 0 Å². The number of rotatable bonds is 9. The van der Waals surface area contributed by atoms with Gasteiger partial charge in [-0.15, -0.1) is 11.3 Å². The highest BCUT2D eigenvalue weighted by Crippen LogP contribution is 2.27. The minimum atomic E-state index is -3.49. The standard InChI is InChI=1S/C15H27NO3S2/c1-5-6-7-8-15(3,4)11-16-21(18,19)14-9-13(10-17)20-12(14)2/h9,16-17H,5-8,10-11H2,1-4H3. The van der Waals surface area contributed by atoms with Crippen LogP contribution < -0.4 is 4.72 Å². The fourth-order valence-corrected chi connectivity index (χ4v) is 4.91. The first kappa shape index (κ1) is 18.6. The summed E-state index contributed by atoms with van der Waals surface area (Å²) in [6.45, 7) is 8.42. The van der Waals surface area contributed by atoms with Crippen LogP contribution in [0.5, 0.6) is 0 Å². The summed E-state index contributed by atoms with van der Waals surface area (Å²) in [7, 11) is -3.49. The summed E-state index contributed by atoms with van der Waals surface area (Å²) < 4.78 is 27.5. The van der Waals surface area contributed by atoms with E-state index in [1.165, 1.54) is 24.2 Å². The largest absolute Gasteiger partial charge is 0.391 e. The lowest BCUT2D eigenvalue weighted by atomic mass is 9.87. The van der Waals surface area contributed by atoms with Gasteiger partial charge in [0.2, 0.25) is 10.0 Å². The third-order valence-electron chi connectivity index (χ3n) is 3.57. The van der Waals surface area contributed by atoms with E-state index in [1.54, 1.807) is 13.0 Å². The fraction of sp³-hybridized carbons (Fsp3) is 0.733. The molecule has 0 bridgehead atoms. The Morgan fingerprint density at radius 2 is 2.00 bits per heavy atom. The second kappa shape index (κ2) is 7.72. The quantitative estimate of drug-likeness (QED) is 0.680. The van der Waals surface area contributed by atoms with Gasteiger partial charge in [-0.25, -0.2) is 13.1 Å². The third kappa shape index (κ3) is 5.70. The van der Waals surface area contributed by atoms with Crippen molar-refractivity contribution in [1.82, 2.24) is 4.72 Å². The molecule has 0 aliphatic carbocycles. The molecule has 6 heteroatoms. The van der Waals surface area contributed by atoms with Crippen LogP contribution >= 0.6 is 11.3 Å². The Labute approximate surface area is 132 Å². The van der Waals surface area contributed by atoms with Gasteiger partial charge in [-0.2, -0.15) is 0 Å². The van der Waals surface area contributed by atoms with Crippen molar-refractivity contribution in [2.45, 2.75) is 64.9 Å². The molecule has 0 aliphatic heterocycles. The summed E-state index contributed by atoms with van der Waals surface area (Å²) >= 11 is 1.32. The highest BCUT2D eigenvalue weighted by Gasteiger charge is 2.24. The van der Waals surface area contributed by atoms with Crippen molar-refractivity contribution in [3.63, 3.8) is 0 Å². The average molecular weight is 334 g/mol. The van der Waals surface area contributed by atoms with E-state index in [0.29, 0.717) is 16.3 Å². The van der Waals surface area contributed by atoms with E-state index in [-0.39, 0.29) is 12.0 Å². The van der Waals surface area contributed by atoms with Crippen LogP contribution in [0.25, 0.3) is 0 Å². The number of hydrogen-bond acceptors (Lipinski definition) is 4. The number of sulfonamides is 1. The van der Waals surface area contributed by atoms with Gasteiger partial charge in [-0.05, 0) is 24.8 Å². The van der Waals surface area contributed by atoms with E-state index in [1.807, 2.05) is 0 Å². The van der Waals surface area contributed by atoms with E-state index in [2.05, 4.69) is 25.5 Å². The van der Waals surface area contributed by atoms with Crippen molar-refractivity contribution in [3.05, 3.63) is 15.8 Å². The summed E-state index contributed by atoms with van der Waals surface area (Å²) in [5.74, 6) is 0. The Bertz CT molecular complexity index is 547. The minimum absolute atomic E-state index is 0.0496. The lowest BCUT2D eigenvalue weighted by Crippen LogP contribution is -2.34. The summed E-state index contributed by atoms with van der Waals surface area (Å²) in [4.78, 5) is 1.69. The normalized spacial score (nSPS) is 12.8. The van der Waals surface area contributed by atoms with Crippen LogP contribution in [0, 0.1) is 12.3 Å². The minimum Gasteiger partial charge on any atom is -0.391 e. The summed E-state index contributed by atoms with van der Waals surface area (Å²) in [5.41, 5.74) is -0.0496. The molecule has 1 aromatic rings. The van der Waals surface area contributed by atoms with E-state index in [9.17, 15) is 8.42 Å². The zero-order chi connectivity index (χ0) is 16.1. The molecule has 0 fully saturated rings. The molecule has 0 unspecified atom stereocenters. The molecule has 4 nitrogen and oxygen atoms in total. The Kier molecular flexibility index (Phi) is 6.84. The number of aliphatic hydroxyl groups is 1. The molecule has 0 amide bonds. The van der Waals surface area contributed by atoms with Crippen molar-refractivity contribution < 1.29 is 13.5 Å². The molecule has 1 heterocycles. The molecule has 122 valence electrons. The molecule has 21 heavy (non-hydrogen) atoms.